The number of hydrogen-bond donors (Lipinski definition) is 1. The Hall–Kier alpha value is -0.440. The number of ether oxygens (including phenoxy) is 1. The number of aliphatic hydroxyl groups is 1. The monoisotopic (exact) mass is 276 g/mol. The molecule has 0 fully saturated rings. The van der Waals surface area contributed by atoms with E-state index in [-0.39, 0.29) is 0 Å². The molecule has 0 saturated heterocycles. The summed E-state index contributed by atoms with van der Waals surface area (Å²) in [5, 5.41) is 11.0. The Morgan fingerprint density at radius 3 is 2.35 bits per heavy atom. The van der Waals surface area contributed by atoms with E-state index >= 15 is 0 Å². The Labute approximate surface area is 113 Å². The van der Waals surface area contributed by atoms with Crippen molar-refractivity contribution in [2.75, 3.05) is 7.11 Å². The Morgan fingerprint density at radius 2 is 1.82 bits per heavy atom. The second-order valence-electron chi connectivity index (χ2n) is 4.50. The van der Waals surface area contributed by atoms with Crippen LogP contribution in [0.25, 0.3) is 0 Å². The van der Waals surface area contributed by atoms with Crippen LogP contribution in [-0.2, 0) is 0 Å². The molecule has 4 heteroatoms. The zero-order valence-corrected chi connectivity index (χ0v) is 11.8. The molecule has 1 aromatic rings. The molecule has 2 nitrogen and oxygen atoms in total. The molecule has 0 heterocycles. The summed E-state index contributed by atoms with van der Waals surface area (Å²) >= 11 is 12.1. The Morgan fingerprint density at radius 1 is 1.18 bits per heavy atom. The Bertz CT molecular complexity index is 378. The van der Waals surface area contributed by atoms with Gasteiger partial charge in [-0.25, -0.2) is 0 Å². The third kappa shape index (κ3) is 4.06. The van der Waals surface area contributed by atoms with Crippen molar-refractivity contribution in [3.8, 4) is 5.75 Å². The van der Waals surface area contributed by atoms with Crippen molar-refractivity contribution in [3.05, 3.63) is 27.7 Å². The fourth-order valence-corrected chi connectivity index (χ4v) is 2.13. The van der Waals surface area contributed by atoms with Gasteiger partial charge in [-0.05, 0) is 24.8 Å². The molecule has 1 atom stereocenters. The van der Waals surface area contributed by atoms with Crippen LogP contribution in [0.1, 0.15) is 38.4 Å². The first kappa shape index (κ1) is 14.6. The zero-order chi connectivity index (χ0) is 13.0. The first-order valence-corrected chi connectivity index (χ1v) is 6.42. The Kier molecular flexibility index (Phi) is 5.57. The normalized spacial score (nSPS) is 12.9. The number of rotatable bonds is 5. The van der Waals surface area contributed by atoms with Gasteiger partial charge >= 0.3 is 0 Å². The molecule has 1 aromatic carbocycles. The van der Waals surface area contributed by atoms with Gasteiger partial charge in [0.05, 0.1) is 23.3 Å². The molecule has 0 radical (unpaired) electrons. The lowest BCUT2D eigenvalue weighted by atomic mass is 10.00. The molecule has 96 valence electrons. The maximum absolute atomic E-state index is 10.1. The number of benzene rings is 1. The average molecular weight is 277 g/mol. The smallest absolute Gasteiger partial charge is 0.138 e. The van der Waals surface area contributed by atoms with Gasteiger partial charge in [0.2, 0.25) is 0 Å². The van der Waals surface area contributed by atoms with E-state index in [0.29, 0.717) is 33.7 Å². The molecule has 0 bridgehead atoms. The van der Waals surface area contributed by atoms with Crippen LogP contribution < -0.4 is 4.74 Å². The van der Waals surface area contributed by atoms with Crippen LogP contribution in [0, 0.1) is 5.92 Å². The van der Waals surface area contributed by atoms with Crippen LogP contribution in [0.2, 0.25) is 10.0 Å². The summed E-state index contributed by atoms with van der Waals surface area (Å²) in [6.45, 7) is 4.24. The first-order chi connectivity index (χ1) is 7.95. The van der Waals surface area contributed by atoms with E-state index in [1.807, 2.05) is 0 Å². The molecular formula is C13H18Cl2O2. The highest BCUT2D eigenvalue weighted by Gasteiger charge is 2.15. The number of halogens is 2. The third-order valence-corrected chi connectivity index (χ3v) is 3.27. The minimum Gasteiger partial charge on any atom is -0.495 e. The van der Waals surface area contributed by atoms with Crippen molar-refractivity contribution in [2.45, 2.75) is 32.8 Å². The summed E-state index contributed by atoms with van der Waals surface area (Å²) < 4.78 is 5.06. The van der Waals surface area contributed by atoms with Gasteiger partial charge in [0.1, 0.15) is 5.75 Å². The molecule has 0 spiro atoms. The summed E-state index contributed by atoms with van der Waals surface area (Å²) in [6, 6.07) is 3.31. The number of hydrogen-bond acceptors (Lipinski definition) is 2. The van der Waals surface area contributed by atoms with Crippen molar-refractivity contribution in [1.29, 1.82) is 0 Å². The van der Waals surface area contributed by atoms with Gasteiger partial charge in [-0.1, -0.05) is 37.0 Å². The van der Waals surface area contributed by atoms with E-state index in [1.54, 1.807) is 12.1 Å². The highest BCUT2D eigenvalue weighted by atomic mass is 35.5. The maximum atomic E-state index is 10.1. The van der Waals surface area contributed by atoms with Crippen LogP contribution in [0.15, 0.2) is 12.1 Å². The van der Waals surface area contributed by atoms with E-state index < -0.39 is 6.10 Å². The second kappa shape index (κ2) is 6.48. The molecular weight excluding hydrogens is 259 g/mol. The molecule has 0 aliphatic rings. The predicted octanol–water partition coefficient (Wildman–Crippen LogP) is 4.47. The van der Waals surface area contributed by atoms with Gasteiger partial charge in [0.25, 0.3) is 0 Å². The molecule has 0 amide bonds. The van der Waals surface area contributed by atoms with Crippen molar-refractivity contribution in [2.24, 2.45) is 5.92 Å². The maximum Gasteiger partial charge on any atom is 0.138 e. The predicted molar refractivity (Wildman–Crippen MR) is 72.0 cm³/mol. The second-order valence-corrected chi connectivity index (χ2v) is 5.31. The zero-order valence-electron chi connectivity index (χ0n) is 10.3. The van der Waals surface area contributed by atoms with Crippen molar-refractivity contribution in [1.82, 2.24) is 0 Å². The first-order valence-electron chi connectivity index (χ1n) is 5.66. The Balaban J connectivity index is 2.86. The molecule has 1 rings (SSSR count). The van der Waals surface area contributed by atoms with E-state index in [4.69, 9.17) is 27.9 Å². The van der Waals surface area contributed by atoms with Crippen molar-refractivity contribution < 1.29 is 9.84 Å². The van der Waals surface area contributed by atoms with Gasteiger partial charge in [-0.15, -0.1) is 0 Å². The van der Waals surface area contributed by atoms with Crippen molar-refractivity contribution >= 4 is 23.2 Å². The lowest BCUT2D eigenvalue weighted by Crippen LogP contribution is -2.01. The molecule has 1 N–H and O–H groups in total. The average Bonchev–Trinajstić information content (AvgIpc) is 2.28. The van der Waals surface area contributed by atoms with E-state index in [2.05, 4.69) is 13.8 Å². The standard InChI is InChI=1S/C13H18Cl2O2/c1-8(2)4-5-12(16)9-6-11(15)13(17-3)7-10(9)14/h6-8,12,16H,4-5H2,1-3H3. The van der Waals surface area contributed by atoms with Crippen molar-refractivity contribution in [3.63, 3.8) is 0 Å². The highest BCUT2D eigenvalue weighted by Crippen LogP contribution is 2.35. The van der Waals surface area contributed by atoms with E-state index in [1.165, 1.54) is 7.11 Å². The summed E-state index contributed by atoms with van der Waals surface area (Å²) in [5.74, 6) is 1.08. The fraction of sp³-hybridized carbons (Fsp3) is 0.538. The van der Waals surface area contributed by atoms with E-state index in [0.717, 1.165) is 6.42 Å². The molecule has 0 aliphatic heterocycles. The molecule has 17 heavy (non-hydrogen) atoms. The number of methoxy groups -OCH3 is 1. The molecule has 1 unspecified atom stereocenters. The minimum absolute atomic E-state index is 0.468. The van der Waals surface area contributed by atoms with Crippen LogP contribution >= 0.6 is 23.2 Å². The number of aliphatic hydroxyl groups excluding tert-OH is 1. The molecule has 0 saturated carbocycles. The largest absolute Gasteiger partial charge is 0.495 e. The molecule has 0 aromatic heterocycles. The van der Waals surface area contributed by atoms with Gasteiger partial charge in [-0.3, -0.25) is 0 Å². The van der Waals surface area contributed by atoms with Gasteiger partial charge in [-0.2, -0.15) is 0 Å². The SMILES string of the molecule is COc1cc(Cl)c(C(O)CCC(C)C)cc1Cl. The summed E-state index contributed by atoms with van der Waals surface area (Å²) in [6.07, 6.45) is 1.05. The topological polar surface area (TPSA) is 29.5 Å². The summed E-state index contributed by atoms with van der Waals surface area (Å²) in [4.78, 5) is 0. The van der Waals surface area contributed by atoms with Crippen LogP contribution in [0.4, 0.5) is 0 Å². The summed E-state index contributed by atoms with van der Waals surface area (Å²) in [5.41, 5.74) is 0.665. The van der Waals surface area contributed by atoms with Crippen LogP contribution in [-0.4, -0.2) is 12.2 Å². The van der Waals surface area contributed by atoms with Crippen LogP contribution in [0.5, 0.6) is 5.75 Å². The van der Waals surface area contributed by atoms with Crippen LogP contribution in [0.3, 0.4) is 0 Å². The van der Waals surface area contributed by atoms with Gasteiger partial charge in [0.15, 0.2) is 0 Å². The quantitative estimate of drug-likeness (QED) is 0.860. The van der Waals surface area contributed by atoms with Gasteiger partial charge < -0.3 is 9.84 Å². The third-order valence-electron chi connectivity index (χ3n) is 2.65. The highest BCUT2D eigenvalue weighted by molar-refractivity contribution is 6.34. The molecule has 0 aliphatic carbocycles. The minimum atomic E-state index is -0.576. The lowest BCUT2D eigenvalue weighted by Gasteiger charge is -2.15. The van der Waals surface area contributed by atoms with Gasteiger partial charge in [0, 0.05) is 11.6 Å². The summed E-state index contributed by atoms with van der Waals surface area (Å²) in [7, 11) is 1.53. The van der Waals surface area contributed by atoms with E-state index in [9.17, 15) is 5.11 Å². The fourth-order valence-electron chi connectivity index (χ4n) is 1.60. The lowest BCUT2D eigenvalue weighted by molar-refractivity contribution is 0.159.